The van der Waals surface area contributed by atoms with Crippen LogP contribution < -0.4 is 26.8 Å². The lowest BCUT2D eigenvalue weighted by atomic mass is 10.0. The number of carbonyl (C=O) groups excluding carboxylic acids is 3. The van der Waals surface area contributed by atoms with Crippen LogP contribution in [0.4, 0.5) is 21.9 Å². The fourth-order valence-electron chi connectivity index (χ4n) is 4.88. The first-order valence-electron chi connectivity index (χ1n) is 14.5. The van der Waals surface area contributed by atoms with E-state index in [1.54, 1.807) is 55.6 Å². The number of hydrogen-bond acceptors (Lipinski definition) is 10. The van der Waals surface area contributed by atoms with Crippen molar-refractivity contribution in [2.24, 2.45) is 16.0 Å². The number of anilines is 3. The average molecular weight is 650 g/mol. The number of nitrogens with one attached hydrogen (secondary N) is 4. The molecule has 6 N–H and O–H groups in total. The second-order valence-corrected chi connectivity index (χ2v) is 10.6. The van der Waals surface area contributed by atoms with Gasteiger partial charge in [-0.3, -0.25) is 15.1 Å². The molecule has 1 aliphatic heterocycles. The van der Waals surface area contributed by atoms with Gasteiger partial charge in [0.05, 0.1) is 37.3 Å². The zero-order chi connectivity index (χ0) is 33.1. The Bertz CT molecular complexity index is 1620. The number of amides is 2. The molecule has 0 spiro atoms. The largest absolute Gasteiger partial charge is 0.464 e. The number of carbonyl (C=O) groups is 3. The number of hydrazine groups is 1. The van der Waals surface area contributed by atoms with Gasteiger partial charge >= 0.3 is 12.1 Å². The number of fused-ring (bicyclic) bond motifs is 4. The fourth-order valence-corrected chi connectivity index (χ4v) is 5.06. The Morgan fingerprint density at radius 3 is 2.78 bits per heavy atom. The van der Waals surface area contributed by atoms with Crippen LogP contribution in [0.25, 0.3) is 17.3 Å². The number of H-pyrrole nitrogens is 1. The van der Waals surface area contributed by atoms with Crippen LogP contribution in [0.2, 0.25) is 5.02 Å². The Hall–Kier alpha value is -5.21. The summed E-state index contributed by atoms with van der Waals surface area (Å²) in [5.74, 6) is 5.87. The summed E-state index contributed by atoms with van der Waals surface area (Å²) in [4.78, 5) is 45.9. The lowest BCUT2D eigenvalue weighted by molar-refractivity contribution is -0.144. The van der Waals surface area contributed by atoms with E-state index in [2.05, 4.69) is 42.8 Å². The van der Waals surface area contributed by atoms with Crippen LogP contribution >= 0.6 is 11.6 Å². The van der Waals surface area contributed by atoms with Crippen LogP contribution in [0.15, 0.2) is 58.9 Å². The SMILES string of the molecule is C=N/N=C\N(N)c1ccc(Cl)cc1/C=C/C(=O)N[C@H]1CCCC[C@@H](C(=O)OCC)Nc2cc(NC(=O)OC)ccc2-c2cnc1[nH]2. The molecule has 1 aliphatic rings. The molecule has 1 aromatic heterocycles. The molecule has 2 aromatic carbocycles. The van der Waals surface area contributed by atoms with E-state index in [4.69, 9.17) is 26.9 Å². The van der Waals surface area contributed by atoms with Crippen molar-refractivity contribution in [3.8, 4) is 11.3 Å². The van der Waals surface area contributed by atoms with Crippen molar-refractivity contribution in [2.75, 3.05) is 29.4 Å². The van der Waals surface area contributed by atoms with Crippen molar-refractivity contribution in [1.29, 1.82) is 0 Å². The summed E-state index contributed by atoms with van der Waals surface area (Å²) in [5.41, 5.74) is 3.50. The molecular weight excluding hydrogens is 614 g/mol. The van der Waals surface area contributed by atoms with Gasteiger partial charge in [-0.25, -0.2) is 20.4 Å². The number of imidazole rings is 1. The highest BCUT2D eigenvalue weighted by Gasteiger charge is 2.25. The minimum absolute atomic E-state index is 0.235. The van der Waals surface area contributed by atoms with E-state index in [9.17, 15) is 14.4 Å². The van der Waals surface area contributed by atoms with Gasteiger partial charge in [0.15, 0.2) is 0 Å². The van der Waals surface area contributed by atoms with Crippen LogP contribution in [-0.2, 0) is 19.1 Å². The van der Waals surface area contributed by atoms with Gasteiger partial charge in [-0.05, 0) is 62.2 Å². The molecule has 3 aromatic rings. The summed E-state index contributed by atoms with van der Waals surface area (Å²) in [5, 5.41) is 17.8. The molecule has 14 nitrogen and oxygen atoms in total. The van der Waals surface area contributed by atoms with E-state index >= 15 is 0 Å². The van der Waals surface area contributed by atoms with Crippen LogP contribution in [-0.4, -0.2) is 60.8 Å². The summed E-state index contributed by atoms with van der Waals surface area (Å²) in [6.07, 6.45) is 7.66. The highest BCUT2D eigenvalue weighted by Crippen LogP contribution is 2.33. The van der Waals surface area contributed by atoms with Gasteiger partial charge in [-0.1, -0.05) is 24.4 Å². The number of esters is 1. The van der Waals surface area contributed by atoms with Crippen LogP contribution in [0.1, 0.15) is 50.0 Å². The lowest BCUT2D eigenvalue weighted by Gasteiger charge is -2.22. The highest BCUT2D eigenvalue weighted by atomic mass is 35.5. The summed E-state index contributed by atoms with van der Waals surface area (Å²) < 4.78 is 10.1. The van der Waals surface area contributed by atoms with Crippen LogP contribution in [0.5, 0.6) is 0 Å². The second-order valence-electron chi connectivity index (χ2n) is 10.2. The standard InChI is InChI=1S/C31H36ClN9O5/c1-4-46-30(43)24-8-6-5-7-23(39-28(42)14-9-19-15-20(32)10-13-27(19)41(33)18-36-34-2)29-35-17-26(40-29)22-12-11-21(16-25(22)38-24)37-31(44)45-3/h9-18,23-24,38H,2,4-8,33H2,1,3H3,(H,35,40)(H,37,44)(H,39,42)/b14-9+,36-18-/t23-,24-/m0/s1. The molecule has 2 heterocycles. The van der Waals surface area contributed by atoms with Crippen molar-refractivity contribution in [1.82, 2.24) is 15.3 Å². The van der Waals surface area contributed by atoms with Gasteiger partial charge in [0.2, 0.25) is 5.91 Å². The van der Waals surface area contributed by atoms with Gasteiger partial charge in [0, 0.05) is 40.3 Å². The van der Waals surface area contributed by atoms with Crippen molar-refractivity contribution in [2.45, 2.75) is 44.7 Å². The molecule has 0 radical (unpaired) electrons. The second kappa shape index (κ2) is 16.2. The molecule has 242 valence electrons. The molecule has 4 rings (SSSR count). The summed E-state index contributed by atoms with van der Waals surface area (Å²) in [6.45, 7) is 5.28. The first kappa shape index (κ1) is 33.7. The van der Waals surface area contributed by atoms with E-state index in [1.165, 1.54) is 24.5 Å². The monoisotopic (exact) mass is 649 g/mol. The highest BCUT2D eigenvalue weighted by molar-refractivity contribution is 6.30. The zero-order valence-corrected chi connectivity index (χ0v) is 26.2. The smallest absolute Gasteiger partial charge is 0.411 e. The lowest BCUT2D eigenvalue weighted by Crippen LogP contribution is -2.32. The molecule has 46 heavy (non-hydrogen) atoms. The number of ether oxygens (including phenoxy) is 2. The Labute approximate surface area is 271 Å². The maximum atomic E-state index is 13.2. The van der Waals surface area contributed by atoms with Gasteiger partial charge in [0.25, 0.3) is 0 Å². The molecule has 0 saturated carbocycles. The number of halogens is 1. The first-order chi connectivity index (χ1) is 22.2. The Morgan fingerprint density at radius 1 is 1.22 bits per heavy atom. The molecule has 15 heteroatoms. The topological polar surface area (TPSA) is 188 Å². The van der Waals surface area contributed by atoms with Gasteiger partial charge in [0.1, 0.15) is 18.2 Å². The van der Waals surface area contributed by atoms with E-state index in [-0.39, 0.29) is 18.5 Å². The molecular formula is C31H36ClN9O5. The normalized spacial score (nSPS) is 16.3. The number of nitrogens with two attached hydrogens (primary N) is 1. The van der Waals surface area contributed by atoms with Crippen LogP contribution in [0, 0.1) is 0 Å². The summed E-state index contributed by atoms with van der Waals surface area (Å²) in [6, 6.07) is 9.12. The number of rotatable bonds is 9. The van der Waals surface area contributed by atoms with E-state index in [1.807, 2.05) is 0 Å². The van der Waals surface area contributed by atoms with E-state index in [0.29, 0.717) is 70.4 Å². The number of hydrogen-bond donors (Lipinski definition) is 5. The minimum Gasteiger partial charge on any atom is -0.464 e. The third-order valence-electron chi connectivity index (χ3n) is 7.06. The molecule has 0 fully saturated rings. The Morgan fingerprint density at radius 2 is 2.02 bits per heavy atom. The predicted molar refractivity (Wildman–Crippen MR) is 179 cm³/mol. The molecule has 2 amide bonds. The third-order valence-corrected chi connectivity index (χ3v) is 7.29. The number of benzene rings is 2. The number of aromatic nitrogens is 2. The summed E-state index contributed by atoms with van der Waals surface area (Å²) >= 11 is 6.20. The summed E-state index contributed by atoms with van der Waals surface area (Å²) in [7, 11) is 1.27. The molecule has 0 unspecified atom stereocenters. The molecule has 0 saturated heterocycles. The van der Waals surface area contributed by atoms with Crippen molar-refractivity contribution in [3.63, 3.8) is 0 Å². The van der Waals surface area contributed by atoms with E-state index in [0.717, 1.165) is 0 Å². The minimum atomic E-state index is -0.647. The predicted octanol–water partition coefficient (Wildman–Crippen LogP) is 5.02. The van der Waals surface area contributed by atoms with Gasteiger partial charge in [-0.2, -0.15) is 5.10 Å². The number of methoxy groups -OCH3 is 1. The van der Waals surface area contributed by atoms with Crippen molar-refractivity contribution < 1.29 is 23.9 Å². The zero-order valence-electron chi connectivity index (χ0n) is 25.5. The number of aromatic amines is 1. The fraction of sp³-hybridized carbons (Fsp3) is 0.290. The van der Waals surface area contributed by atoms with Crippen LogP contribution in [0.3, 0.4) is 0 Å². The third kappa shape index (κ3) is 8.92. The first-order valence-corrected chi connectivity index (χ1v) is 14.9. The Balaban J connectivity index is 1.62. The maximum absolute atomic E-state index is 13.2. The Kier molecular flexibility index (Phi) is 11.9. The molecule has 2 atom stereocenters. The van der Waals surface area contributed by atoms with E-state index < -0.39 is 18.2 Å². The van der Waals surface area contributed by atoms with Crippen molar-refractivity contribution >= 4 is 65.8 Å². The molecule has 2 bridgehead atoms. The van der Waals surface area contributed by atoms with Gasteiger partial charge < -0.3 is 25.1 Å². The van der Waals surface area contributed by atoms with Gasteiger partial charge in [-0.15, -0.1) is 5.10 Å². The quantitative estimate of drug-likeness (QED) is 0.0529. The average Bonchev–Trinajstić information content (AvgIpc) is 3.53. The molecule has 0 aliphatic carbocycles. The van der Waals surface area contributed by atoms with Crippen molar-refractivity contribution in [3.05, 3.63) is 65.1 Å². The number of nitrogens with zero attached hydrogens (tertiary/aromatic N) is 4. The maximum Gasteiger partial charge on any atom is 0.411 e.